The van der Waals surface area contributed by atoms with Crippen LogP contribution in [-0.2, 0) is 9.59 Å². The van der Waals surface area contributed by atoms with Crippen LogP contribution in [0.3, 0.4) is 0 Å². The van der Waals surface area contributed by atoms with Gasteiger partial charge in [-0.25, -0.2) is 0 Å². The van der Waals surface area contributed by atoms with Gasteiger partial charge in [0.05, 0.1) is 0 Å². The Morgan fingerprint density at radius 2 is 2.00 bits per heavy atom. The van der Waals surface area contributed by atoms with E-state index in [2.05, 4.69) is 6.92 Å². The zero-order chi connectivity index (χ0) is 11.1. The van der Waals surface area contributed by atoms with E-state index < -0.39 is 5.91 Å². The van der Waals surface area contributed by atoms with Gasteiger partial charge in [0, 0.05) is 12.2 Å². The maximum Gasteiger partial charge on any atom is 0.291 e. The van der Waals surface area contributed by atoms with Gasteiger partial charge in [0.25, 0.3) is 5.91 Å². The van der Waals surface area contributed by atoms with E-state index in [-0.39, 0.29) is 0 Å². The second-order valence-corrected chi connectivity index (χ2v) is 3.30. The highest BCUT2D eigenvalue weighted by Gasteiger charge is 2.13. The van der Waals surface area contributed by atoms with E-state index in [0.717, 1.165) is 18.5 Å². The molecule has 3 nitrogen and oxygen atoms in total. The Bertz CT molecular complexity index is 322. The van der Waals surface area contributed by atoms with E-state index in [4.69, 9.17) is 0 Å². The fourth-order valence-electron chi connectivity index (χ4n) is 1.35. The van der Waals surface area contributed by atoms with Gasteiger partial charge in [-0.3, -0.25) is 9.59 Å². The van der Waals surface area contributed by atoms with Crippen molar-refractivity contribution in [3.8, 4) is 0 Å². The fourth-order valence-corrected chi connectivity index (χ4v) is 1.35. The van der Waals surface area contributed by atoms with Crippen LogP contribution in [0.4, 0.5) is 5.69 Å². The molecular formula is C12H15NO2. The maximum absolute atomic E-state index is 11.4. The summed E-state index contributed by atoms with van der Waals surface area (Å²) >= 11 is 0. The summed E-state index contributed by atoms with van der Waals surface area (Å²) in [6, 6.07) is 9.25. The number of amides is 1. The molecule has 0 aliphatic rings. The van der Waals surface area contributed by atoms with Crippen molar-refractivity contribution < 1.29 is 9.59 Å². The summed E-state index contributed by atoms with van der Waals surface area (Å²) < 4.78 is 0. The molecule has 3 heteroatoms. The van der Waals surface area contributed by atoms with E-state index in [0.29, 0.717) is 12.8 Å². The van der Waals surface area contributed by atoms with E-state index in [1.807, 2.05) is 30.3 Å². The van der Waals surface area contributed by atoms with Crippen LogP contribution in [0, 0.1) is 0 Å². The lowest BCUT2D eigenvalue weighted by molar-refractivity contribution is -0.129. The lowest BCUT2D eigenvalue weighted by Gasteiger charge is -2.19. The Hall–Kier alpha value is -1.64. The molecule has 0 heterocycles. The fraction of sp³-hybridized carbons (Fsp3) is 0.333. The summed E-state index contributed by atoms with van der Waals surface area (Å²) in [7, 11) is 0. The smallest absolute Gasteiger partial charge is 0.291 e. The first kappa shape index (κ1) is 11.4. The van der Waals surface area contributed by atoms with Gasteiger partial charge in [-0.05, 0) is 18.6 Å². The Morgan fingerprint density at radius 3 is 2.53 bits per heavy atom. The van der Waals surface area contributed by atoms with E-state index in [9.17, 15) is 9.59 Å². The molecule has 0 bridgehead atoms. The molecule has 1 aromatic carbocycles. The van der Waals surface area contributed by atoms with Crippen LogP contribution in [-0.4, -0.2) is 18.7 Å². The molecule has 0 N–H and O–H groups in total. The molecule has 1 aromatic rings. The number of hydrogen-bond donors (Lipinski definition) is 0. The second-order valence-electron chi connectivity index (χ2n) is 3.30. The number of nitrogens with zero attached hydrogens (tertiary/aromatic N) is 1. The molecule has 1 rings (SSSR count). The number of carbonyl (C=O) groups is 2. The lowest BCUT2D eigenvalue weighted by atomic mass is 10.2. The van der Waals surface area contributed by atoms with Crippen LogP contribution >= 0.6 is 0 Å². The minimum Gasteiger partial charge on any atom is -0.306 e. The van der Waals surface area contributed by atoms with Crippen molar-refractivity contribution in [1.29, 1.82) is 0 Å². The van der Waals surface area contributed by atoms with Crippen LogP contribution in [0.1, 0.15) is 19.8 Å². The van der Waals surface area contributed by atoms with Crippen LogP contribution in [0.5, 0.6) is 0 Å². The molecule has 0 saturated heterocycles. The topological polar surface area (TPSA) is 37.4 Å². The summed E-state index contributed by atoms with van der Waals surface area (Å²) in [6.45, 7) is 2.65. The van der Waals surface area contributed by atoms with Gasteiger partial charge in [-0.15, -0.1) is 0 Å². The van der Waals surface area contributed by atoms with E-state index in [1.165, 1.54) is 4.90 Å². The molecule has 0 fully saturated rings. The molecule has 0 aliphatic heterocycles. The third-order valence-electron chi connectivity index (χ3n) is 2.17. The molecule has 1 amide bonds. The Morgan fingerprint density at radius 1 is 1.33 bits per heavy atom. The average Bonchev–Trinajstić information content (AvgIpc) is 2.30. The maximum atomic E-state index is 11.4. The van der Waals surface area contributed by atoms with Gasteiger partial charge in [-0.2, -0.15) is 0 Å². The number of rotatable bonds is 5. The summed E-state index contributed by atoms with van der Waals surface area (Å²) in [6.07, 6.45) is 2.26. The summed E-state index contributed by atoms with van der Waals surface area (Å²) in [5.41, 5.74) is 0.781. The zero-order valence-electron chi connectivity index (χ0n) is 8.85. The van der Waals surface area contributed by atoms with Crippen molar-refractivity contribution in [2.24, 2.45) is 0 Å². The molecule has 15 heavy (non-hydrogen) atoms. The van der Waals surface area contributed by atoms with Gasteiger partial charge in [0.2, 0.25) is 6.29 Å². The molecule has 0 unspecified atom stereocenters. The Labute approximate surface area is 89.7 Å². The third kappa shape index (κ3) is 3.20. The van der Waals surface area contributed by atoms with Crippen molar-refractivity contribution in [3.05, 3.63) is 30.3 Å². The van der Waals surface area contributed by atoms with Crippen molar-refractivity contribution in [1.82, 2.24) is 0 Å². The van der Waals surface area contributed by atoms with Crippen molar-refractivity contribution in [2.75, 3.05) is 11.4 Å². The standard InChI is InChI=1S/C12H15NO2/c1-2-3-9-13(12(15)10-14)11-7-5-4-6-8-11/h4-8,10H,2-3,9H2,1H3. The van der Waals surface area contributed by atoms with Gasteiger partial charge in [0.1, 0.15) is 0 Å². The molecule has 0 aromatic heterocycles. The van der Waals surface area contributed by atoms with E-state index in [1.54, 1.807) is 0 Å². The largest absolute Gasteiger partial charge is 0.306 e. The quantitative estimate of drug-likeness (QED) is 0.544. The molecular weight excluding hydrogens is 190 g/mol. The predicted molar refractivity (Wildman–Crippen MR) is 59.8 cm³/mol. The van der Waals surface area contributed by atoms with E-state index >= 15 is 0 Å². The lowest BCUT2D eigenvalue weighted by Crippen LogP contribution is -2.32. The number of unbranched alkanes of at least 4 members (excludes halogenated alkanes) is 1. The highest BCUT2D eigenvalue weighted by atomic mass is 16.2. The normalized spacial score (nSPS) is 9.67. The van der Waals surface area contributed by atoms with Crippen LogP contribution in [0.15, 0.2) is 30.3 Å². The van der Waals surface area contributed by atoms with Crippen LogP contribution in [0.2, 0.25) is 0 Å². The van der Waals surface area contributed by atoms with Crippen LogP contribution in [0.25, 0.3) is 0 Å². The van der Waals surface area contributed by atoms with Gasteiger partial charge in [-0.1, -0.05) is 31.5 Å². The Kier molecular flexibility index (Phi) is 4.54. The predicted octanol–water partition coefficient (Wildman–Crippen LogP) is 2.02. The highest BCUT2D eigenvalue weighted by molar-refractivity contribution is 6.30. The van der Waals surface area contributed by atoms with Crippen molar-refractivity contribution in [2.45, 2.75) is 19.8 Å². The molecule has 0 spiro atoms. The number of anilines is 1. The summed E-state index contributed by atoms with van der Waals surface area (Å²) in [4.78, 5) is 23.4. The number of carbonyl (C=O) groups excluding carboxylic acids is 2. The second kappa shape index (κ2) is 5.96. The first-order valence-corrected chi connectivity index (χ1v) is 5.11. The van der Waals surface area contributed by atoms with Crippen molar-refractivity contribution >= 4 is 17.9 Å². The third-order valence-corrected chi connectivity index (χ3v) is 2.17. The summed E-state index contributed by atoms with van der Waals surface area (Å²) in [5.74, 6) is -0.477. The SMILES string of the molecule is CCCCN(C(=O)C=O)c1ccccc1. The first-order valence-electron chi connectivity index (χ1n) is 5.11. The van der Waals surface area contributed by atoms with Gasteiger partial charge < -0.3 is 4.90 Å². The first-order chi connectivity index (χ1) is 7.29. The average molecular weight is 205 g/mol. The molecule has 0 saturated carbocycles. The monoisotopic (exact) mass is 205 g/mol. The highest BCUT2D eigenvalue weighted by Crippen LogP contribution is 2.13. The van der Waals surface area contributed by atoms with Gasteiger partial charge >= 0.3 is 0 Å². The number of aldehydes is 1. The minimum absolute atomic E-state index is 0.364. The molecule has 80 valence electrons. The number of para-hydroxylation sites is 1. The Balaban J connectivity index is 2.81. The zero-order valence-corrected chi connectivity index (χ0v) is 8.85. The molecule has 0 aliphatic carbocycles. The number of benzene rings is 1. The molecule has 0 radical (unpaired) electrons. The van der Waals surface area contributed by atoms with Crippen molar-refractivity contribution in [3.63, 3.8) is 0 Å². The minimum atomic E-state index is -0.477. The van der Waals surface area contributed by atoms with Crippen LogP contribution < -0.4 is 4.90 Å². The summed E-state index contributed by atoms with van der Waals surface area (Å²) in [5, 5.41) is 0. The molecule has 0 atom stereocenters. The number of hydrogen-bond acceptors (Lipinski definition) is 2. The van der Waals surface area contributed by atoms with Gasteiger partial charge in [0.15, 0.2) is 0 Å².